The molecule has 0 aliphatic heterocycles. The Labute approximate surface area is 97.8 Å². The number of hydrogen-bond donors (Lipinski definition) is 2. The highest BCUT2D eigenvalue weighted by molar-refractivity contribution is 6.35. The fourth-order valence-corrected chi connectivity index (χ4v) is 1.78. The molecular formula is C10H11Cl2NO2. The van der Waals surface area contributed by atoms with Gasteiger partial charge in [0.1, 0.15) is 6.04 Å². The molecule has 0 heterocycles. The van der Waals surface area contributed by atoms with E-state index in [0.29, 0.717) is 22.9 Å². The smallest absolute Gasteiger partial charge is 0.320 e. The van der Waals surface area contributed by atoms with Crippen molar-refractivity contribution in [2.75, 3.05) is 0 Å². The zero-order chi connectivity index (χ0) is 11.4. The van der Waals surface area contributed by atoms with Gasteiger partial charge in [-0.1, -0.05) is 29.3 Å². The normalized spacial score (nSPS) is 12.5. The van der Waals surface area contributed by atoms with E-state index in [-0.39, 0.29) is 0 Å². The van der Waals surface area contributed by atoms with Gasteiger partial charge >= 0.3 is 5.97 Å². The molecule has 0 aromatic heterocycles. The first-order valence-corrected chi connectivity index (χ1v) is 5.19. The molecule has 0 unspecified atom stereocenters. The van der Waals surface area contributed by atoms with Gasteiger partial charge in [-0.05, 0) is 30.5 Å². The van der Waals surface area contributed by atoms with Crippen molar-refractivity contribution in [3.63, 3.8) is 0 Å². The predicted octanol–water partition coefficient (Wildman–Crippen LogP) is 2.34. The lowest BCUT2D eigenvalue weighted by atomic mass is 10.1. The molecule has 3 N–H and O–H groups in total. The minimum Gasteiger partial charge on any atom is -0.480 e. The van der Waals surface area contributed by atoms with Crippen LogP contribution in [0.2, 0.25) is 10.0 Å². The van der Waals surface area contributed by atoms with Crippen LogP contribution in [0.15, 0.2) is 18.2 Å². The van der Waals surface area contributed by atoms with Crippen molar-refractivity contribution >= 4 is 29.2 Å². The zero-order valence-electron chi connectivity index (χ0n) is 7.91. The monoisotopic (exact) mass is 247 g/mol. The van der Waals surface area contributed by atoms with Gasteiger partial charge in [0.15, 0.2) is 0 Å². The first-order valence-electron chi connectivity index (χ1n) is 4.43. The van der Waals surface area contributed by atoms with E-state index in [2.05, 4.69) is 0 Å². The summed E-state index contributed by atoms with van der Waals surface area (Å²) in [6, 6.07) is 4.30. The Hall–Kier alpha value is -0.770. The average Bonchev–Trinajstić information content (AvgIpc) is 2.16. The number of aliphatic carboxylic acids is 1. The van der Waals surface area contributed by atoms with Crippen molar-refractivity contribution in [2.45, 2.75) is 18.9 Å². The third-order valence-corrected chi connectivity index (χ3v) is 2.79. The van der Waals surface area contributed by atoms with Gasteiger partial charge in [-0.25, -0.2) is 0 Å². The third-order valence-electron chi connectivity index (χ3n) is 2.08. The molecule has 0 bridgehead atoms. The van der Waals surface area contributed by atoms with Crippen LogP contribution in [0.4, 0.5) is 0 Å². The highest BCUT2D eigenvalue weighted by Gasteiger charge is 2.13. The van der Waals surface area contributed by atoms with Crippen LogP contribution in [-0.4, -0.2) is 17.1 Å². The summed E-state index contributed by atoms with van der Waals surface area (Å²) < 4.78 is 0. The zero-order valence-corrected chi connectivity index (χ0v) is 9.42. The molecule has 0 saturated carbocycles. The molecule has 5 heteroatoms. The molecule has 0 aliphatic rings. The van der Waals surface area contributed by atoms with E-state index in [9.17, 15) is 4.79 Å². The van der Waals surface area contributed by atoms with Gasteiger partial charge in [-0.2, -0.15) is 0 Å². The summed E-state index contributed by atoms with van der Waals surface area (Å²) in [6.45, 7) is 0. The van der Waals surface area contributed by atoms with E-state index in [1.807, 2.05) is 0 Å². The van der Waals surface area contributed by atoms with E-state index >= 15 is 0 Å². The molecular weight excluding hydrogens is 237 g/mol. The number of rotatable bonds is 4. The summed E-state index contributed by atoms with van der Waals surface area (Å²) in [4.78, 5) is 10.5. The van der Waals surface area contributed by atoms with Crippen LogP contribution in [0, 0.1) is 0 Å². The summed E-state index contributed by atoms with van der Waals surface area (Å²) >= 11 is 11.8. The number of hydrogen-bond acceptors (Lipinski definition) is 2. The molecule has 0 spiro atoms. The van der Waals surface area contributed by atoms with Crippen molar-refractivity contribution in [3.8, 4) is 0 Å². The Morgan fingerprint density at radius 3 is 2.40 bits per heavy atom. The molecule has 0 radical (unpaired) electrons. The van der Waals surface area contributed by atoms with Crippen molar-refractivity contribution in [1.29, 1.82) is 0 Å². The molecule has 1 aromatic rings. The van der Waals surface area contributed by atoms with Crippen LogP contribution in [0.1, 0.15) is 12.0 Å². The Kier molecular flexibility index (Phi) is 4.39. The van der Waals surface area contributed by atoms with Crippen molar-refractivity contribution in [2.24, 2.45) is 5.73 Å². The largest absolute Gasteiger partial charge is 0.480 e. The quantitative estimate of drug-likeness (QED) is 0.859. The summed E-state index contributed by atoms with van der Waals surface area (Å²) in [5.74, 6) is -1.02. The molecule has 1 atom stereocenters. The van der Waals surface area contributed by atoms with Gasteiger partial charge in [0.2, 0.25) is 0 Å². The molecule has 0 saturated heterocycles. The summed E-state index contributed by atoms with van der Waals surface area (Å²) in [5.41, 5.74) is 6.13. The molecule has 1 aromatic carbocycles. The molecule has 1 rings (SSSR count). The van der Waals surface area contributed by atoms with Crippen molar-refractivity contribution < 1.29 is 9.90 Å². The van der Waals surface area contributed by atoms with Crippen molar-refractivity contribution in [3.05, 3.63) is 33.8 Å². The first-order chi connectivity index (χ1) is 7.02. The molecule has 0 amide bonds. The summed E-state index contributed by atoms with van der Waals surface area (Å²) in [6.07, 6.45) is 0.782. The average molecular weight is 248 g/mol. The Bertz CT molecular complexity index is 348. The van der Waals surface area contributed by atoms with Crippen molar-refractivity contribution in [1.82, 2.24) is 0 Å². The maximum absolute atomic E-state index is 10.5. The molecule has 0 fully saturated rings. The van der Waals surface area contributed by atoms with Gasteiger partial charge in [0, 0.05) is 10.0 Å². The Morgan fingerprint density at radius 2 is 1.93 bits per heavy atom. The lowest BCUT2D eigenvalue weighted by Crippen LogP contribution is -2.30. The van der Waals surface area contributed by atoms with Crippen LogP contribution in [0.25, 0.3) is 0 Å². The number of benzene rings is 1. The molecule has 3 nitrogen and oxygen atoms in total. The number of carboxylic acid groups (broad SMARTS) is 1. The maximum Gasteiger partial charge on any atom is 0.320 e. The fraction of sp³-hybridized carbons (Fsp3) is 0.300. The van der Waals surface area contributed by atoms with Crippen LogP contribution in [-0.2, 0) is 11.2 Å². The standard InChI is InChI=1S/C10H11Cl2NO2/c11-7-2-1-3-8(12)6(7)4-5-9(13)10(14)15/h1-3,9H,4-5,13H2,(H,14,15)/t9-/m1/s1. The lowest BCUT2D eigenvalue weighted by molar-refractivity contribution is -0.138. The lowest BCUT2D eigenvalue weighted by Gasteiger charge is -2.09. The van der Waals surface area contributed by atoms with Crippen LogP contribution in [0.3, 0.4) is 0 Å². The SMILES string of the molecule is N[C@H](CCc1c(Cl)cccc1Cl)C(=O)O. The minimum atomic E-state index is -1.02. The van der Waals surface area contributed by atoms with E-state index in [0.717, 1.165) is 5.56 Å². The summed E-state index contributed by atoms with van der Waals surface area (Å²) in [7, 11) is 0. The summed E-state index contributed by atoms with van der Waals surface area (Å²) in [5, 5.41) is 9.69. The highest BCUT2D eigenvalue weighted by atomic mass is 35.5. The Morgan fingerprint density at radius 1 is 1.40 bits per heavy atom. The number of halogens is 2. The molecule has 82 valence electrons. The highest BCUT2D eigenvalue weighted by Crippen LogP contribution is 2.25. The number of carboxylic acids is 1. The topological polar surface area (TPSA) is 63.3 Å². The molecule has 0 aliphatic carbocycles. The van der Waals surface area contributed by atoms with Gasteiger partial charge < -0.3 is 10.8 Å². The second-order valence-electron chi connectivity index (χ2n) is 3.18. The molecule has 15 heavy (non-hydrogen) atoms. The van der Waals surface area contributed by atoms with Crippen LogP contribution >= 0.6 is 23.2 Å². The van der Waals surface area contributed by atoms with Crippen LogP contribution < -0.4 is 5.73 Å². The minimum absolute atomic E-state index is 0.318. The van der Waals surface area contributed by atoms with E-state index in [1.165, 1.54) is 0 Å². The number of carbonyl (C=O) groups is 1. The second-order valence-corrected chi connectivity index (χ2v) is 4.00. The first kappa shape index (κ1) is 12.3. The third kappa shape index (κ3) is 3.38. The van der Waals surface area contributed by atoms with Gasteiger partial charge in [-0.3, -0.25) is 4.79 Å². The van der Waals surface area contributed by atoms with E-state index < -0.39 is 12.0 Å². The Balaban J connectivity index is 2.69. The van der Waals surface area contributed by atoms with E-state index in [4.69, 9.17) is 34.0 Å². The van der Waals surface area contributed by atoms with Gasteiger partial charge in [0.25, 0.3) is 0 Å². The van der Waals surface area contributed by atoms with Gasteiger partial charge in [0.05, 0.1) is 0 Å². The van der Waals surface area contributed by atoms with Gasteiger partial charge in [-0.15, -0.1) is 0 Å². The fourth-order valence-electron chi connectivity index (χ4n) is 1.19. The maximum atomic E-state index is 10.5. The predicted molar refractivity (Wildman–Crippen MR) is 60.4 cm³/mol. The number of nitrogens with two attached hydrogens (primary N) is 1. The second kappa shape index (κ2) is 5.35. The van der Waals surface area contributed by atoms with Crippen LogP contribution in [0.5, 0.6) is 0 Å². The van der Waals surface area contributed by atoms with E-state index in [1.54, 1.807) is 18.2 Å².